The van der Waals surface area contributed by atoms with Gasteiger partial charge in [0.05, 0.1) is 0 Å². The lowest BCUT2D eigenvalue weighted by atomic mass is 10.1. The minimum absolute atomic E-state index is 0.272. The van der Waals surface area contributed by atoms with Crippen LogP contribution in [0.3, 0.4) is 0 Å². The minimum atomic E-state index is -0.340. The third kappa shape index (κ3) is 2.83. The van der Waals surface area contributed by atoms with Crippen molar-refractivity contribution in [2.45, 2.75) is 29.1 Å². The van der Waals surface area contributed by atoms with E-state index in [0.717, 1.165) is 15.1 Å². The summed E-state index contributed by atoms with van der Waals surface area (Å²) in [5.41, 5.74) is 6.32. The van der Waals surface area contributed by atoms with Crippen LogP contribution in [0.2, 0.25) is 0 Å². The highest BCUT2D eigenvalue weighted by atomic mass is 32.2. The fourth-order valence-electron chi connectivity index (χ4n) is 1.46. The van der Waals surface area contributed by atoms with Gasteiger partial charge in [-0.2, -0.15) is 4.37 Å². The first-order valence-electron chi connectivity index (χ1n) is 5.10. The van der Waals surface area contributed by atoms with Gasteiger partial charge < -0.3 is 5.73 Å². The topological polar surface area (TPSA) is 51.8 Å². The van der Waals surface area contributed by atoms with E-state index in [9.17, 15) is 4.39 Å². The van der Waals surface area contributed by atoms with Crippen LogP contribution in [0, 0.1) is 12.7 Å². The molecule has 0 spiro atoms. The Morgan fingerprint density at radius 1 is 1.47 bits per heavy atom. The summed E-state index contributed by atoms with van der Waals surface area (Å²) in [5.74, 6) is 0.461. The Hall–Kier alpha value is -0.980. The number of nitrogens with zero attached hydrogens (tertiary/aromatic N) is 2. The van der Waals surface area contributed by atoms with Crippen molar-refractivity contribution in [3.63, 3.8) is 0 Å². The largest absolute Gasteiger partial charge is 0.324 e. The van der Waals surface area contributed by atoms with Crippen LogP contribution in [0.4, 0.5) is 4.39 Å². The molecule has 0 aliphatic rings. The van der Waals surface area contributed by atoms with E-state index in [1.807, 2.05) is 13.0 Å². The van der Waals surface area contributed by atoms with E-state index in [1.165, 1.54) is 29.4 Å². The lowest BCUT2D eigenvalue weighted by molar-refractivity contribution is 0.585. The summed E-state index contributed by atoms with van der Waals surface area (Å²) in [5, 5.41) is 0. The smallest absolute Gasteiger partial charge is 0.174 e. The molecule has 6 heteroatoms. The molecule has 0 saturated heterocycles. The quantitative estimate of drug-likeness (QED) is 0.930. The fraction of sp³-hybridized carbons (Fsp3) is 0.273. The summed E-state index contributed by atoms with van der Waals surface area (Å²) < 4.78 is 18.6. The molecular formula is C11H12FN3S2. The summed E-state index contributed by atoms with van der Waals surface area (Å²) in [4.78, 5) is 5.05. The van der Waals surface area contributed by atoms with Gasteiger partial charge in [-0.15, -0.1) is 0 Å². The molecule has 0 aliphatic heterocycles. The number of aryl methyl sites for hydroxylation is 1. The van der Waals surface area contributed by atoms with Gasteiger partial charge >= 0.3 is 0 Å². The molecule has 1 heterocycles. The number of benzene rings is 1. The lowest BCUT2D eigenvalue weighted by Crippen LogP contribution is -2.08. The highest BCUT2D eigenvalue weighted by Gasteiger charge is 2.14. The average molecular weight is 269 g/mol. The molecule has 0 unspecified atom stereocenters. The van der Waals surface area contributed by atoms with Crippen molar-refractivity contribution in [3.8, 4) is 0 Å². The van der Waals surface area contributed by atoms with Gasteiger partial charge in [0.1, 0.15) is 11.6 Å². The average Bonchev–Trinajstić information content (AvgIpc) is 2.63. The Morgan fingerprint density at radius 2 is 2.24 bits per heavy atom. The van der Waals surface area contributed by atoms with E-state index < -0.39 is 0 Å². The zero-order chi connectivity index (χ0) is 12.4. The number of nitrogens with two attached hydrogens (primary N) is 1. The SMILES string of the molecule is Cc1nsc(Sc2cccc(F)c2[C@H](C)N)n1. The Morgan fingerprint density at radius 3 is 2.82 bits per heavy atom. The van der Waals surface area contributed by atoms with Crippen LogP contribution < -0.4 is 5.73 Å². The Bertz CT molecular complexity index is 525. The third-order valence-corrected chi connectivity index (χ3v) is 4.09. The molecule has 90 valence electrons. The summed E-state index contributed by atoms with van der Waals surface area (Å²) in [6.07, 6.45) is 0. The van der Waals surface area contributed by atoms with Crippen molar-refractivity contribution < 1.29 is 4.39 Å². The van der Waals surface area contributed by atoms with E-state index in [1.54, 1.807) is 13.0 Å². The lowest BCUT2D eigenvalue weighted by Gasteiger charge is -2.11. The Balaban J connectivity index is 2.35. The first kappa shape index (κ1) is 12.5. The second-order valence-electron chi connectivity index (χ2n) is 3.65. The van der Waals surface area contributed by atoms with Crippen molar-refractivity contribution >= 4 is 23.3 Å². The maximum atomic E-state index is 13.7. The molecular weight excluding hydrogens is 257 g/mol. The number of hydrogen-bond acceptors (Lipinski definition) is 5. The molecule has 17 heavy (non-hydrogen) atoms. The van der Waals surface area contributed by atoms with E-state index in [2.05, 4.69) is 9.36 Å². The summed E-state index contributed by atoms with van der Waals surface area (Å²) in [6.45, 7) is 3.60. The second-order valence-corrected chi connectivity index (χ2v) is 5.69. The molecule has 1 atom stereocenters. The standard InChI is InChI=1S/C11H12FN3S2/c1-6(13)10-8(12)4-3-5-9(10)16-11-14-7(2)15-17-11/h3-6H,13H2,1-2H3/t6-/m0/s1. The van der Waals surface area contributed by atoms with Crippen LogP contribution in [-0.4, -0.2) is 9.36 Å². The van der Waals surface area contributed by atoms with Crippen LogP contribution in [0.1, 0.15) is 24.4 Å². The molecule has 0 aliphatic carbocycles. The zero-order valence-electron chi connectivity index (χ0n) is 9.48. The molecule has 0 bridgehead atoms. The molecule has 2 N–H and O–H groups in total. The van der Waals surface area contributed by atoms with Gasteiger partial charge in [0.2, 0.25) is 0 Å². The van der Waals surface area contributed by atoms with Gasteiger partial charge in [0.15, 0.2) is 4.34 Å². The Kier molecular flexibility index (Phi) is 3.76. The van der Waals surface area contributed by atoms with Crippen molar-refractivity contribution in [2.24, 2.45) is 5.73 Å². The summed E-state index contributed by atoms with van der Waals surface area (Å²) in [6, 6.07) is 4.61. The number of aromatic nitrogens is 2. The molecule has 3 nitrogen and oxygen atoms in total. The molecule has 0 radical (unpaired) electrons. The Labute approximate surface area is 107 Å². The molecule has 0 saturated carbocycles. The maximum absolute atomic E-state index is 13.7. The van der Waals surface area contributed by atoms with Crippen LogP contribution >= 0.6 is 23.3 Å². The first-order chi connectivity index (χ1) is 8.08. The fourth-order valence-corrected chi connectivity index (χ4v) is 3.32. The molecule has 1 aromatic carbocycles. The molecule has 1 aromatic heterocycles. The minimum Gasteiger partial charge on any atom is -0.324 e. The normalized spacial score (nSPS) is 12.7. The molecule has 0 fully saturated rings. The van der Waals surface area contributed by atoms with Crippen molar-refractivity contribution in [1.82, 2.24) is 9.36 Å². The van der Waals surface area contributed by atoms with E-state index in [-0.39, 0.29) is 11.9 Å². The van der Waals surface area contributed by atoms with Crippen LogP contribution in [0.25, 0.3) is 0 Å². The monoisotopic (exact) mass is 269 g/mol. The van der Waals surface area contributed by atoms with Gasteiger partial charge in [-0.05, 0) is 37.5 Å². The summed E-state index contributed by atoms with van der Waals surface area (Å²) in [7, 11) is 0. The van der Waals surface area contributed by atoms with Crippen LogP contribution in [0.5, 0.6) is 0 Å². The van der Waals surface area contributed by atoms with Crippen molar-refractivity contribution in [1.29, 1.82) is 0 Å². The number of hydrogen-bond donors (Lipinski definition) is 1. The van der Waals surface area contributed by atoms with Gasteiger partial charge in [0.25, 0.3) is 0 Å². The highest BCUT2D eigenvalue weighted by molar-refractivity contribution is 8.01. The van der Waals surface area contributed by atoms with Gasteiger partial charge in [-0.3, -0.25) is 0 Å². The van der Waals surface area contributed by atoms with Crippen LogP contribution in [-0.2, 0) is 0 Å². The summed E-state index contributed by atoms with van der Waals surface area (Å²) >= 11 is 2.71. The van der Waals surface area contributed by atoms with E-state index >= 15 is 0 Å². The zero-order valence-corrected chi connectivity index (χ0v) is 11.1. The molecule has 2 aromatic rings. The highest BCUT2D eigenvalue weighted by Crippen LogP contribution is 2.34. The van der Waals surface area contributed by atoms with Crippen LogP contribution in [0.15, 0.2) is 27.4 Å². The van der Waals surface area contributed by atoms with Gasteiger partial charge in [-0.1, -0.05) is 17.8 Å². The second kappa shape index (κ2) is 5.12. The van der Waals surface area contributed by atoms with Gasteiger partial charge in [-0.25, -0.2) is 9.37 Å². The van der Waals surface area contributed by atoms with Crippen molar-refractivity contribution in [2.75, 3.05) is 0 Å². The van der Waals surface area contributed by atoms with Gasteiger partial charge in [0, 0.05) is 16.5 Å². The number of halogens is 1. The third-order valence-electron chi connectivity index (χ3n) is 2.17. The first-order valence-corrected chi connectivity index (χ1v) is 6.69. The van der Waals surface area contributed by atoms with E-state index in [0.29, 0.717) is 5.56 Å². The maximum Gasteiger partial charge on any atom is 0.174 e. The molecule has 0 amide bonds. The number of rotatable bonds is 3. The van der Waals surface area contributed by atoms with E-state index in [4.69, 9.17) is 5.73 Å². The predicted octanol–water partition coefficient (Wildman–Crippen LogP) is 3.16. The van der Waals surface area contributed by atoms with Crippen molar-refractivity contribution in [3.05, 3.63) is 35.4 Å². The predicted molar refractivity (Wildman–Crippen MR) is 67.8 cm³/mol. The molecule has 2 rings (SSSR count).